The molecule has 0 aliphatic carbocycles. The van der Waals surface area contributed by atoms with Crippen molar-refractivity contribution in [3.63, 3.8) is 0 Å². The Morgan fingerprint density at radius 2 is 1.38 bits per heavy atom. The molecule has 98 valence electrons. The first-order valence-electron chi connectivity index (χ1n) is 6.75. The maximum atomic E-state index is 8.51. The lowest BCUT2D eigenvalue weighted by Crippen LogP contribution is -2.03. The second-order valence-corrected chi connectivity index (χ2v) is 5.77. The van der Waals surface area contributed by atoms with E-state index in [1.807, 2.05) is 0 Å². The average molecular weight is 230 g/mol. The lowest BCUT2D eigenvalue weighted by atomic mass is 9.89. The maximum absolute atomic E-state index is 8.51. The summed E-state index contributed by atoms with van der Waals surface area (Å²) in [6.07, 6.45) is 9.16. The molecule has 0 saturated carbocycles. The van der Waals surface area contributed by atoms with Crippen molar-refractivity contribution in [3.05, 3.63) is 0 Å². The smallest absolute Gasteiger partial charge is 0.0697 e. The Morgan fingerprint density at radius 3 is 1.94 bits per heavy atom. The first kappa shape index (κ1) is 15.9. The third-order valence-electron chi connectivity index (χ3n) is 2.70. The standard InChI is InChI=1S/C14H30O2/c1-14(2,3)10-8-6-4-5-7-9-12-16-13-11-15/h15H,4-13H2,1-3H3. The van der Waals surface area contributed by atoms with E-state index in [9.17, 15) is 0 Å². The zero-order valence-electron chi connectivity index (χ0n) is 11.4. The quantitative estimate of drug-likeness (QED) is 0.579. The molecule has 0 heterocycles. The third-order valence-corrected chi connectivity index (χ3v) is 2.70. The highest BCUT2D eigenvalue weighted by Gasteiger charge is 2.08. The Morgan fingerprint density at radius 1 is 0.812 bits per heavy atom. The zero-order valence-corrected chi connectivity index (χ0v) is 11.4. The predicted octanol–water partition coefficient (Wildman–Crippen LogP) is 3.77. The highest BCUT2D eigenvalue weighted by molar-refractivity contribution is 4.60. The van der Waals surface area contributed by atoms with E-state index in [4.69, 9.17) is 9.84 Å². The number of aliphatic hydroxyl groups is 1. The summed E-state index contributed by atoms with van der Waals surface area (Å²) in [5.74, 6) is 0. The fraction of sp³-hybridized carbons (Fsp3) is 1.00. The van der Waals surface area contributed by atoms with Gasteiger partial charge in [-0.05, 0) is 18.3 Å². The molecule has 0 aliphatic heterocycles. The zero-order chi connectivity index (χ0) is 12.3. The second-order valence-electron chi connectivity index (χ2n) is 5.77. The highest BCUT2D eigenvalue weighted by Crippen LogP contribution is 2.22. The average Bonchev–Trinajstić information content (AvgIpc) is 2.19. The number of hydrogen-bond donors (Lipinski definition) is 1. The summed E-state index contributed by atoms with van der Waals surface area (Å²) in [4.78, 5) is 0. The van der Waals surface area contributed by atoms with Gasteiger partial charge in [0.25, 0.3) is 0 Å². The van der Waals surface area contributed by atoms with Gasteiger partial charge in [0.1, 0.15) is 0 Å². The molecule has 16 heavy (non-hydrogen) atoms. The summed E-state index contributed by atoms with van der Waals surface area (Å²) in [5, 5.41) is 8.51. The maximum Gasteiger partial charge on any atom is 0.0697 e. The van der Waals surface area contributed by atoms with Crippen LogP contribution in [0, 0.1) is 5.41 Å². The molecule has 0 amide bonds. The number of hydrogen-bond acceptors (Lipinski definition) is 2. The lowest BCUT2D eigenvalue weighted by Gasteiger charge is -2.17. The Balaban J connectivity index is 2.99. The van der Waals surface area contributed by atoms with Crippen molar-refractivity contribution in [3.8, 4) is 0 Å². The molecule has 0 aromatic heterocycles. The van der Waals surface area contributed by atoms with E-state index < -0.39 is 0 Å². The van der Waals surface area contributed by atoms with Crippen molar-refractivity contribution in [2.75, 3.05) is 19.8 Å². The van der Waals surface area contributed by atoms with Crippen LogP contribution < -0.4 is 0 Å². The van der Waals surface area contributed by atoms with Crippen molar-refractivity contribution < 1.29 is 9.84 Å². The summed E-state index contributed by atoms with van der Waals surface area (Å²) < 4.78 is 5.21. The van der Waals surface area contributed by atoms with Crippen molar-refractivity contribution in [2.45, 2.75) is 65.7 Å². The van der Waals surface area contributed by atoms with Crippen LogP contribution in [0.1, 0.15) is 65.7 Å². The van der Waals surface area contributed by atoms with Crippen LogP contribution in [0.3, 0.4) is 0 Å². The van der Waals surface area contributed by atoms with Crippen LogP contribution in [0.15, 0.2) is 0 Å². The Bertz CT molecular complexity index is 138. The van der Waals surface area contributed by atoms with Gasteiger partial charge < -0.3 is 9.84 Å². The molecule has 0 rings (SSSR count). The predicted molar refractivity (Wildman–Crippen MR) is 69.7 cm³/mol. The SMILES string of the molecule is CC(C)(C)CCCCCCCCOCCO. The molecular formula is C14H30O2. The van der Waals surface area contributed by atoms with Gasteiger partial charge in [-0.25, -0.2) is 0 Å². The topological polar surface area (TPSA) is 29.5 Å². The van der Waals surface area contributed by atoms with Gasteiger partial charge in [-0.1, -0.05) is 52.9 Å². The molecular weight excluding hydrogens is 200 g/mol. The van der Waals surface area contributed by atoms with Crippen molar-refractivity contribution in [1.29, 1.82) is 0 Å². The molecule has 0 bridgehead atoms. The molecule has 0 atom stereocenters. The summed E-state index contributed by atoms with van der Waals surface area (Å²) >= 11 is 0. The van der Waals surface area contributed by atoms with Crippen molar-refractivity contribution in [1.82, 2.24) is 0 Å². The molecule has 0 aromatic carbocycles. The van der Waals surface area contributed by atoms with Gasteiger partial charge in [-0.3, -0.25) is 0 Å². The van der Waals surface area contributed by atoms with Gasteiger partial charge in [-0.2, -0.15) is 0 Å². The number of ether oxygens (including phenoxy) is 1. The Labute approximate surface area is 101 Å². The van der Waals surface area contributed by atoms with Crippen LogP contribution >= 0.6 is 0 Å². The van der Waals surface area contributed by atoms with E-state index in [1.54, 1.807) is 0 Å². The van der Waals surface area contributed by atoms with E-state index in [0.717, 1.165) is 13.0 Å². The minimum absolute atomic E-state index is 0.146. The molecule has 0 radical (unpaired) electrons. The lowest BCUT2D eigenvalue weighted by molar-refractivity contribution is 0.0895. The van der Waals surface area contributed by atoms with Crippen LogP contribution in [0.25, 0.3) is 0 Å². The molecule has 2 heteroatoms. The summed E-state index contributed by atoms with van der Waals surface area (Å²) in [6, 6.07) is 0. The van der Waals surface area contributed by atoms with Crippen LogP contribution in [-0.4, -0.2) is 24.9 Å². The van der Waals surface area contributed by atoms with Gasteiger partial charge >= 0.3 is 0 Å². The van der Waals surface area contributed by atoms with Gasteiger partial charge in [0, 0.05) is 6.61 Å². The van der Waals surface area contributed by atoms with Crippen LogP contribution in [-0.2, 0) is 4.74 Å². The third kappa shape index (κ3) is 13.9. The summed E-state index contributed by atoms with van der Waals surface area (Å²) in [5.41, 5.74) is 0.498. The van der Waals surface area contributed by atoms with Crippen LogP contribution in [0.4, 0.5) is 0 Å². The Hall–Kier alpha value is -0.0800. The summed E-state index contributed by atoms with van der Waals surface area (Å²) in [7, 11) is 0. The van der Waals surface area contributed by atoms with E-state index in [2.05, 4.69) is 20.8 Å². The van der Waals surface area contributed by atoms with Gasteiger partial charge in [0.05, 0.1) is 13.2 Å². The minimum Gasteiger partial charge on any atom is -0.394 e. The Kier molecular flexibility index (Phi) is 10.0. The molecule has 0 spiro atoms. The van der Waals surface area contributed by atoms with E-state index >= 15 is 0 Å². The second kappa shape index (κ2) is 10.1. The molecule has 2 nitrogen and oxygen atoms in total. The highest BCUT2D eigenvalue weighted by atomic mass is 16.5. The number of unbranched alkanes of at least 4 members (excludes halogenated alkanes) is 5. The first-order chi connectivity index (χ1) is 7.56. The van der Waals surface area contributed by atoms with Gasteiger partial charge in [0.15, 0.2) is 0 Å². The first-order valence-corrected chi connectivity index (χ1v) is 6.75. The fourth-order valence-electron chi connectivity index (χ4n) is 1.73. The molecule has 0 fully saturated rings. The van der Waals surface area contributed by atoms with Crippen LogP contribution in [0.5, 0.6) is 0 Å². The van der Waals surface area contributed by atoms with Crippen molar-refractivity contribution >= 4 is 0 Å². The van der Waals surface area contributed by atoms with E-state index in [1.165, 1.54) is 38.5 Å². The van der Waals surface area contributed by atoms with Crippen molar-refractivity contribution in [2.24, 2.45) is 5.41 Å². The molecule has 0 aliphatic rings. The van der Waals surface area contributed by atoms with Crippen LogP contribution in [0.2, 0.25) is 0 Å². The molecule has 0 aromatic rings. The minimum atomic E-state index is 0.146. The van der Waals surface area contributed by atoms with Gasteiger partial charge in [0.2, 0.25) is 0 Å². The summed E-state index contributed by atoms with van der Waals surface area (Å²) in [6.45, 7) is 8.38. The number of aliphatic hydroxyl groups excluding tert-OH is 1. The number of rotatable bonds is 10. The fourth-order valence-corrected chi connectivity index (χ4v) is 1.73. The molecule has 1 N–H and O–H groups in total. The normalized spacial score (nSPS) is 12.0. The largest absolute Gasteiger partial charge is 0.394 e. The van der Waals surface area contributed by atoms with E-state index in [0.29, 0.717) is 12.0 Å². The monoisotopic (exact) mass is 230 g/mol. The van der Waals surface area contributed by atoms with E-state index in [-0.39, 0.29) is 6.61 Å². The molecule has 0 unspecified atom stereocenters. The molecule has 0 saturated heterocycles. The van der Waals surface area contributed by atoms with Gasteiger partial charge in [-0.15, -0.1) is 0 Å².